The van der Waals surface area contributed by atoms with Gasteiger partial charge in [-0.05, 0) is 15.9 Å². The SMILES string of the molecule is COCCN(CC(=O)N(C)C)S(=O)(=O)c1c(Br)nnn1C. The van der Waals surface area contributed by atoms with Gasteiger partial charge in [0.05, 0.1) is 13.2 Å². The van der Waals surface area contributed by atoms with Crippen LogP contribution in [0.25, 0.3) is 0 Å². The average molecular weight is 384 g/mol. The molecule has 0 bridgehead atoms. The fourth-order valence-corrected chi connectivity index (χ4v) is 3.89. The van der Waals surface area contributed by atoms with E-state index in [9.17, 15) is 13.2 Å². The number of aryl methyl sites for hydroxylation is 1. The monoisotopic (exact) mass is 383 g/mol. The minimum Gasteiger partial charge on any atom is -0.383 e. The smallest absolute Gasteiger partial charge is 0.263 e. The van der Waals surface area contributed by atoms with E-state index in [0.29, 0.717) is 0 Å². The van der Waals surface area contributed by atoms with Crippen LogP contribution in [0.5, 0.6) is 0 Å². The zero-order valence-electron chi connectivity index (χ0n) is 12.3. The normalized spacial score (nSPS) is 11.9. The third kappa shape index (κ3) is 4.22. The van der Waals surface area contributed by atoms with Crippen molar-refractivity contribution in [2.75, 3.05) is 40.9 Å². The second kappa shape index (κ2) is 7.29. The molecule has 11 heteroatoms. The highest BCUT2D eigenvalue weighted by Crippen LogP contribution is 2.22. The molecule has 0 aromatic carbocycles. The first-order valence-electron chi connectivity index (χ1n) is 5.96. The lowest BCUT2D eigenvalue weighted by Crippen LogP contribution is -2.42. The van der Waals surface area contributed by atoms with Crippen molar-refractivity contribution in [1.82, 2.24) is 24.2 Å². The van der Waals surface area contributed by atoms with Crippen LogP contribution < -0.4 is 0 Å². The zero-order valence-corrected chi connectivity index (χ0v) is 14.7. The van der Waals surface area contributed by atoms with E-state index < -0.39 is 10.0 Å². The Bertz CT molecular complexity index is 581. The molecule has 0 spiro atoms. The van der Waals surface area contributed by atoms with Crippen LogP contribution in [-0.4, -0.2) is 79.4 Å². The van der Waals surface area contributed by atoms with Crippen molar-refractivity contribution < 1.29 is 17.9 Å². The van der Waals surface area contributed by atoms with Gasteiger partial charge in [-0.25, -0.2) is 13.1 Å². The molecule has 0 aliphatic heterocycles. The molecule has 1 aromatic heterocycles. The number of carbonyl (C=O) groups excluding carboxylic acids is 1. The Labute approximate surface area is 132 Å². The van der Waals surface area contributed by atoms with Crippen molar-refractivity contribution in [3.8, 4) is 0 Å². The number of amides is 1. The van der Waals surface area contributed by atoms with E-state index in [1.54, 1.807) is 14.1 Å². The molecule has 0 unspecified atom stereocenters. The van der Waals surface area contributed by atoms with Gasteiger partial charge in [-0.3, -0.25) is 4.79 Å². The first-order valence-corrected chi connectivity index (χ1v) is 8.19. The van der Waals surface area contributed by atoms with Crippen molar-refractivity contribution in [1.29, 1.82) is 0 Å². The summed E-state index contributed by atoms with van der Waals surface area (Å²) < 4.78 is 32.5. The number of sulfonamides is 1. The summed E-state index contributed by atoms with van der Waals surface area (Å²) in [5, 5.41) is 7.20. The summed E-state index contributed by atoms with van der Waals surface area (Å²) in [6, 6.07) is 0. The highest BCUT2D eigenvalue weighted by molar-refractivity contribution is 9.10. The fourth-order valence-electron chi connectivity index (χ4n) is 1.49. The third-order valence-corrected chi connectivity index (χ3v) is 5.41. The van der Waals surface area contributed by atoms with Crippen molar-refractivity contribution in [2.45, 2.75) is 5.03 Å². The lowest BCUT2D eigenvalue weighted by atomic mass is 10.5. The van der Waals surface area contributed by atoms with Gasteiger partial charge in [0, 0.05) is 34.8 Å². The molecule has 0 fully saturated rings. The lowest BCUT2D eigenvalue weighted by Gasteiger charge is -2.22. The topological polar surface area (TPSA) is 97.6 Å². The van der Waals surface area contributed by atoms with E-state index in [-0.39, 0.29) is 35.2 Å². The first-order chi connectivity index (χ1) is 9.71. The molecule has 0 aliphatic rings. The Morgan fingerprint density at radius 3 is 2.48 bits per heavy atom. The zero-order chi connectivity index (χ0) is 16.2. The largest absolute Gasteiger partial charge is 0.383 e. The molecule has 1 heterocycles. The van der Waals surface area contributed by atoms with Gasteiger partial charge in [0.25, 0.3) is 10.0 Å². The van der Waals surface area contributed by atoms with E-state index in [1.807, 2.05) is 0 Å². The average Bonchev–Trinajstić information content (AvgIpc) is 2.73. The van der Waals surface area contributed by atoms with Crippen LogP contribution in [0.2, 0.25) is 0 Å². The second-order valence-electron chi connectivity index (χ2n) is 4.43. The highest BCUT2D eigenvalue weighted by Gasteiger charge is 2.32. The number of nitrogens with zero attached hydrogens (tertiary/aromatic N) is 5. The van der Waals surface area contributed by atoms with Crippen molar-refractivity contribution in [3.63, 3.8) is 0 Å². The molecule has 1 rings (SSSR count). The molecular weight excluding hydrogens is 366 g/mol. The summed E-state index contributed by atoms with van der Waals surface area (Å²) in [5.74, 6) is -0.332. The Morgan fingerprint density at radius 2 is 2.05 bits per heavy atom. The number of hydrogen-bond donors (Lipinski definition) is 0. The predicted molar refractivity (Wildman–Crippen MR) is 78.0 cm³/mol. The van der Waals surface area contributed by atoms with Gasteiger partial charge in [-0.2, -0.15) is 4.31 Å². The van der Waals surface area contributed by atoms with Gasteiger partial charge in [0.15, 0.2) is 4.60 Å². The number of hydrogen-bond acceptors (Lipinski definition) is 6. The molecule has 1 amide bonds. The molecule has 0 radical (unpaired) electrons. The van der Waals surface area contributed by atoms with Gasteiger partial charge in [0.1, 0.15) is 0 Å². The van der Waals surface area contributed by atoms with E-state index in [2.05, 4.69) is 26.2 Å². The molecule has 0 saturated heterocycles. The maximum atomic E-state index is 12.7. The van der Waals surface area contributed by atoms with Crippen LogP contribution in [-0.2, 0) is 26.6 Å². The Kier molecular flexibility index (Phi) is 6.25. The summed E-state index contributed by atoms with van der Waals surface area (Å²) in [7, 11) is 2.12. The number of carbonyl (C=O) groups is 1. The minimum atomic E-state index is -3.92. The molecule has 1 aromatic rings. The Morgan fingerprint density at radius 1 is 1.43 bits per heavy atom. The Balaban J connectivity index is 3.15. The summed E-state index contributed by atoms with van der Waals surface area (Å²) >= 11 is 3.06. The van der Waals surface area contributed by atoms with E-state index in [1.165, 1.54) is 19.1 Å². The number of aromatic nitrogens is 3. The van der Waals surface area contributed by atoms with Crippen LogP contribution in [0.15, 0.2) is 9.63 Å². The predicted octanol–water partition coefficient (Wildman–Crippen LogP) is -0.697. The molecule has 120 valence electrons. The quantitative estimate of drug-likeness (QED) is 0.617. The summed E-state index contributed by atoms with van der Waals surface area (Å²) in [5.41, 5.74) is 0. The van der Waals surface area contributed by atoms with Crippen molar-refractivity contribution in [2.24, 2.45) is 7.05 Å². The van der Waals surface area contributed by atoms with Gasteiger partial charge in [0.2, 0.25) is 10.9 Å². The van der Waals surface area contributed by atoms with E-state index in [4.69, 9.17) is 4.74 Å². The highest BCUT2D eigenvalue weighted by atomic mass is 79.9. The molecule has 0 aliphatic carbocycles. The van der Waals surface area contributed by atoms with Crippen molar-refractivity contribution in [3.05, 3.63) is 4.60 Å². The number of ether oxygens (including phenoxy) is 1. The van der Waals surface area contributed by atoms with Crippen LogP contribution in [0.1, 0.15) is 0 Å². The molecule has 21 heavy (non-hydrogen) atoms. The third-order valence-electron chi connectivity index (χ3n) is 2.68. The summed E-state index contributed by atoms with van der Waals surface area (Å²) in [6.45, 7) is -0.0603. The molecule has 9 nitrogen and oxygen atoms in total. The van der Waals surface area contributed by atoms with Gasteiger partial charge < -0.3 is 9.64 Å². The fraction of sp³-hybridized carbons (Fsp3) is 0.700. The van der Waals surface area contributed by atoms with Crippen molar-refractivity contribution >= 4 is 31.9 Å². The maximum absolute atomic E-state index is 12.7. The number of rotatable bonds is 7. The van der Waals surface area contributed by atoms with Crippen LogP contribution in [0.4, 0.5) is 0 Å². The second-order valence-corrected chi connectivity index (χ2v) is 7.03. The first kappa shape index (κ1) is 18.0. The summed E-state index contributed by atoms with van der Waals surface area (Å²) in [6.07, 6.45) is 0. The molecular formula is C10H18BrN5O4S. The molecule has 0 saturated carbocycles. The Hall–Kier alpha value is -1.04. The maximum Gasteiger partial charge on any atom is 0.263 e. The number of halogens is 1. The minimum absolute atomic E-state index is 0.0516. The van der Waals surface area contributed by atoms with Gasteiger partial charge in [-0.1, -0.05) is 5.21 Å². The van der Waals surface area contributed by atoms with Crippen LogP contribution in [0.3, 0.4) is 0 Å². The summed E-state index contributed by atoms with van der Waals surface area (Å²) in [4.78, 5) is 13.2. The number of likely N-dealkylation sites (N-methyl/N-ethyl adjacent to an activating group) is 1. The number of methoxy groups -OCH3 is 1. The molecule has 0 N–H and O–H groups in total. The standard InChI is InChI=1S/C10H18BrN5O4S/c1-14(2)8(17)7-16(5-6-20-4)21(18,19)10-9(11)12-13-15(10)3/h5-7H2,1-4H3. The lowest BCUT2D eigenvalue weighted by molar-refractivity contribution is -0.128. The van der Waals surface area contributed by atoms with Crippen LogP contribution in [0, 0.1) is 0 Å². The van der Waals surface area contributed by atoms with Gasteiger partial charge in [-0.15, -0.1) is 5.10 Å². The van der Waals surface area contributed by atoms with Gasteiger partial charge >= 0.3 is 0 Å². The van der Waals surface area contributed by atoms with E-state index >= 15 is 0 Å². The van der Waals surface area contributed by atoms with E-state index in [0.717, 1.165) is 8.99 Å². The van der Waals surface area contributed by atoms with Crippen LogP contribution >= 0.6 is 15.9 Å². The molecule has 0 atom stereocenters.